The predicted octanol–water partition coefficient (Wildman–Crippen LogP) is 2.11. The lowest BCUT2D eigenvalue weighted by Crippen LogP contribution is -3.11. The standard InChI is InChI=1S/C23H27F2N3O/c24-20-7-5-18(6-8-20)17-26-11-9-19(10-12-26)23(29)28-15-13-27(14-16-28)22-4-2-1-3-21(22)25/h1-8,19H,9-17H2/p+1. The summed E-state index contributed by atoms with van der Waals surface area (Å²) in [5.74, 6) is -0.0714. The summed E-state index contributed by atoms with van der Waals surface area (Å²) in [6.07, 6.45) is 1.78. The fraction of sp³-hybridized carbons (Fsp3) is 0.435. The van der Waals surface area contributed by atoms with Crippen molar-refractivity contribution in [3.05, 3.63) is 65.7 Å². The van der Waals surface area contributed by atoms with E-state index in [1.807, 2.05) is 28.0 Å². The van der Waals surface area contributed by atoms with Gasteiger partial charge in [0.2, 0.25) is 5.91 Å². The number of carbonyl (C=O) groups is 1. The summed E-state index contributed by atoms with van der Waals surface area (Å²) in [7, 11) is 0. The molecular weight excluding hydrogens is 372 g/mol. The van der Waals surface area contributed by atoms with Crippen LogP contribution in [0.2, 0.25) is 0 Å². The molecule has 2 aliphatic heterocycles. The molecule has 0 radical (unpaired) electrons. The van der Waals surface area contributed by atoms with Crippen molar-refractivity contribution in [3.8, 4) is 0 Å². The summed E-state index contributed by atoms with van der Waals surface area (Å²) in [6.45, 7) is 5.43. The molecule has 2 aromatic rings. The third kappa shape index (κ3) is 4.75. The number of carbonyl (C=O) groups excluding carboxylic acids is 1. The van der Waals surface area contributed by atoms with Gasteiger partial charge in [-0.05, 0) is 24.3 Å². The first-order valence-electron chi connectivity index (χ1n) is 10.5. The minimum Gasteiger partial charge on any atom is -0.366 e. The minimum atomic E-state index is -0.205. The molecule has 29 heavy (non-hydrogen) atoms. The van der Waals surface area contributed by atoms with E-state index >= 15 is 0 Å². The van der Waals surface area contributed by atoms with Crippen molar-refractivity contribution in [1.82, 2.24) is 4.90 Å². The lowest BCUT2D eigenvalue weighted by atomic mass is 9.94. The summed E-state index contributed by atoms with van der Waals surface area (Å²) in [5.41, 5.74) is 1.76. The number of para-hydroxylation sites is 1. The highest BCUT2D eigenvalue weighted by Crippen LogP contribution is 2.22. The Morgan fingerprint density at radius 1 is 0.931 bits per heavy atom. The number of quaternary nitrogens is 1. The van der Waals surface area contributed by atoms with Crippen LogP contribution in [0.4, 0.5) is 14.5 Å². The second-order valence-corrected chi connectivity index (χ2v) is 8.09. The van der Waals surface area contributed by atoms with Gasteiger partial charge in [-0.1, -0.05) is 24.3 Å². The maximum absolute atomic E-state index is 14.0. The van der Waals surface area contributed by atoms with E-state index in [0.29, 0.717) is 31.9 Å². The number of nitrogens with zero attached hydrogens (tertiary/aromatic N) is 2. The molecule has 0 atom stereocenters. The van der Waals surface area contributed by atoms with Crippen LogP contribution in [0.3, 0.4) is 0 Å². The van der Waals surface area contributed by atoms with E-state index in [-0.39, 0.29) is 23.5 Å². The zero-order valence-electron chi connectivity index (χ0n) is 16.6. The molecule has 154 valence electrons. The first-order chi connectivity index (χ1) is 14.1. The van der Waals surface area contributed by atoms with Crippen molar-refractivity contribution >= 4 is 11.6 Å². The molecule has 0 aromatic heterocycles. The van der Waals surface area contributed by atoms with E-state index in [2.05, 4.69) is 0 Å². The summed E-state index contributed by atoms with van der Waals surface area (Å²) in [6, 6.07) is 13.5. The third-order valence-corrected chi connectivity index (χ3v) is 6.19. The molecule has 0 bridgehead atoms. The Kier molecular flexibility index (Phi) is 6.09. The van der Waals surface area contributed by atoms with Gasteiger partial charge in [0.25, 0.3) is 0 Å². The van der Waals surface area contributed by atoms with Crippen LogP contribution in [-0.2, 0) is 11.3 Å². The molecule has 0 spiro atoms. The lowest BCUT2D eigenvalue weighted by Gasteiger charge is -2.38. The van der Waals surface area contributed by atoms with Crippen LogP contribution in [0.5, 0.6) is 0 Å². The van der Waals surface area contributed by atoms with Crippen LogP contribution in [0.1, 0.15) is 18.4 Å². The number of benzene rings is 2. The highest BCUT2D eigenvalue weighted by molar-refractivity contribution is 5.79. The SMILES string of the molecule is O=C(C1CC[NH+](Cc2ccc(F)cc2)CC1)N1CCN(c2ccccc2F)CC1. The first-order valence-corrected chi connectivity index (χ1v) is 10.5. The van der Waals surface area contributed by atoms with Crippen LogP contribution < -0.4 is 9.80 Å². The molecule has 1 N–H and O–H groups in total. The molecule has 4 nitrogen and oxygen atoms in total. The average Bonchev–Trinajstić information content (AvgIpc) is 2.76. The highest BCUT2D eigenvalue weighted by Gasteiger charge is 2.32. The molecule has 0 unspecified atom stereocenters. The van der Waals surface area contributed by atoms with Crippen molar-refractivity contribution in [2.45, 2.75) is 19.4 Å². The monoisotopic (exact) mass is 400 g/mol. The molecular formula is C23H28F2N3O+. The molecule has 1 amide bonds. The molecule has 2 aromatic carbocycles. The third-order valence-electron chi connectivity index (χ3n) is 6.19. The van der Waals surface area contributed by atoms with Crippen molar-refractivity contribution in [1.29, 1.82) is 0 Å². The molecule has 0 saturated carbocycles. The average molecular weight is 400 g/mol. The van der Waals surface area contributed by atoms with Crippen LogP contribution in [-0.4, -0.2) is 50.1 Å². The number of anilines is 1. The lowest BCUT2D eigenvalue weighted by molar-refractivity contribution is -0.919. The second kappa shape index (κ2) is 8.91. The Labute approximate surface area is 170 Å². The maximum atomic E-state index is 14.0. The second-order valence-electron chi connectivity index (χ2n) is 8.09. The van der Waals surface area contributed by atoms with Gasteiger partial charge >= 0.3 is 0 Å². The van der Waals surface area contributed by atoms with Crippen molar-refractivity contribution in [2.24, 2.45) is 5.92 Å². The van der Waals surface area contributed by atoms with E-state index in [0.717, 1.165) is 38.0 Å². The Hall–Kier alpha value is -2.47. The highest BCUT2D eigenvalue weighted by atomic mass is 19.1. The van der Waals surface area contributed by atoms with Crippen LogP contribution in [0, 0.1) is 17.6 Å². The number of halogens is 2. The zero-order valence-corrected chi connectivity index (χ0v) is 16.6. The number of piperazine rings is 1. The smallest absolute Gasteiger partial charge is 0.226 e. The van der Waals surface area contributed by atoms with Crippen molar-refractivity contribution in [2.75, 3.05) is 44.2 Å². The maximum Gasteiger partial charge on any atom is 0.226 e. The van der Waals surface area contributed by atoms with E-state index in [9.17, 15) is 13.6 Å². The number of rotatable bonds is 4. The molecule has 2 saturated heterocycles. The van der Waals surface area contributed by atoms with E-state index in [1.165, 1.54) is 23.1 Å². The van der Waals surface area contributed by atoms with Crippen molar-refractivity contribution in [3.63, 3.8) is 0 Å². The predicted molar refractivity (Wildman–Crippen MR) is 109 cm³/mol. The topological polar surface area (TPSA) is 28.0 Å². The zero-order chi connectivity index (χ0) is 20.2. The molecule has 6 heteroatoms. The summed E-state index contributed by atoms with van der Waals surface area (Å²) in [5, 5.41) is 0. The Morgan fingerprint density at radius 2 is 1.59 bits per heavy atom. The van der Waals surface area contributed by atoms with Crippen molar-refractivity contribution < 1.29 is 18.5 Å². The molecule has 2 fully saturated rings. The normalized spacial score (nSPS) is 22.6. The van der Waals surface area contributed by atoms with Crippen LogP contribution in [0.15, 0.2) is 48.5 Å². The van der Waals surface area contributed by atoms with Gasteiger partial charge in [0.15, 0.2) is 0 Å². The number of hydrogen-bond donors (Lipinski definition) is 1. The summed E-state index contributed by atoms with van der Waals surface area (Å²) in [4.78, 5) is 18.4. The number of piperidine rings is 1. The summed E-state index contributed by atoms with van der Waals surface area (Å²) < 4.78 is 27.0. The van der Waals surface area contributed by atoms with Gasteiger partial charge in [-0.15, -0.1) is 0 Å². The van der Waals surface area contributed by atoms with Crippen LogP contribution in [0.25, 0.3) is 0 Å². The molecule has 2 aliphatic rings. The fourth-order valence-electron chi connectivity index (χ4n) is 4.47. The number of nitrogens with one attached hydrogen (secondary N) is 1. The van der Waals surface area contributed by atoms with Gasteiger partial charge in [0, 0.05) is 50.5 Å². The van der Waals surface area contributed by atoms with E-state index in [4.69, 9.17) is 0 Å². The summed E-state index contributed by atoms with van der Waals surface area (Å²) >= 11 is 0. The van der Waals surface area contributed by atoms with Gasteiger partial charge in [-0.25, -0.2) is 8.78 Å². The van der Waals surface area contributed by atoms with Gasteiger partial charge in [-0.2, -0.15) is 0 Å². The van der Waals surface area contributed by atoms with Gasteiger partial charge in [0.05, 0.1) is 18.8 Å². The Bertz CT molecular complexity index is 826. The van der Waals surface area contributed by atoms with Gasteiger partial charge in [-0.3, -0.25) is 4.79 Å². The fourth-order valence-corrected chi connectivity index (χ4v) is 4.47. The number of amides is 1. The molecule has 4 rings (SSSR count). The first kappa shape index (κ1) is 19.8. The number of likely N-dealkylation sites (tertiary alicyclic amines) is 1. The van der Waals surface area contributed by atoms with Crippen LogP contribution >= 0.6 is 0 Å². The Morgan fingerprint density at radius 3 is 2.24 bits per heavy atom. The quantitative estimate of drug-likeness (QED) is 0.852. The number of hydrogen-bond acceptors (Lipinski definition) is 2. The van der Waals surface area contributed by atoms with Gasteiger partial charge in [0.1, 0.15) is 18.2 Å². The minimum absolute atomic E-state index is 0.0898. The van der Waals surface area contributed by atoms with Gasteiger partial charge < -0.3 is 14.7 Å². The Balaban J connectivity index is 1.25. The molecule has 2 heterocycles. The van der Waals surface area contributed by atoms with E-state index in [1.54, 1.807) is 12.1 Å². The van der Waals surface area contributed by atoms with E-state index < -0.39 is 0 Å². The largest absolute Gasteiger partial charge is 0.366 e. The molecule has 0 aliphatic carbocycles.